The van der Waals surface area contributed by atoms with Crippen molar-refractivity contribution in [1.29, 1.82) is 0 Å². The topological polar surface area (TPSA) is 71.1 Å². The van der Waals surface area contributed by atoms with Crippen LogP contribution in [0, 0.1) is 0 Å². The van der Waals surface area contributed by atoms with Crippen LogP contribution in [0.5, 0.6) is 0 Å². The minimum atomic E-state index is -1.21. The van der Waals surface area contributed by atoms with E-state index in [4.69, 9.17) is 18.9 Å². The summed E-state index contributed by atoms with van der Waals surface area (Å²) in [5, 5.41) is 0. The number of esters is 2. The van der Waals surface area contributed by atoms with Gasteiger partial charge in [-0.15, -0.1) is 0 Å². The summed E-state index contributed by atoms with van der Waals surface area (Å²) in [7, 11) is 0. The van der Waals surface area contributed by atoms with Gasteiger partial charge < -0.3 is 18.9 Å². The zero-order chi connectivity index (χ0) is 16.2. The quantitative estimate of drug-likeness (QED) is 0.772. The van der Waals surface area contributed by atoms with Gasteiger partial charge in [0.1, 0.15) is 0 Å². The van der Waals surface area contributed by atoms with Gasteiger partial charge >= 0.3 is 11.9 Å². The van der Waals surface area contributed by atoms with E-state index >= 15 is 0 Å². The summed E-state index contributed by atoms with van der Waals surface area (Å²) in [6.07, 6.45) is -2.30. The van der Waals surface area contributed by atoms with Crippen molar-refractivity contribution in [3.05, 3.63) is 35.9 Å². The van der Waals surface area contributed by atoms with E-state index in [2.05, 4.69) is 0 Å². The molecule has 3 atom stereocenters. The van der Waals surface area contributed by atoms with Crippen LogP contribution in [-0.4, -0.2) is 37.4 Å². The highest BCUT2D eigenvalue weighted by molar-refractivity contribution is 5.86. The van der Waals surface area contributed by atoms with Crippen molar-refractivity contribution in [2.75, 3.05) is 13.2 Å². The number of benzene rings is 1. The minimum absolute atomic E-state index is 0.191. The number of rotatable bonds is 5. The Bertz CT molecular complexity index is 501. The highest BCUT2D eigenvalue weighted by Gasteiger charge is 2.53. The fourth-order valence-electron chi connectivity index (χ4n) is 2.31. The lowest BCUT2D eigenvalue weighted by molar-refractivity contribution is -0.186. The van der Waals surface area contributed by atoms with Gasteiger partial charge in [0.15, 0.2) is 18.0 Å². The summed E-state index contributed by atoms with van der Waals surface area (Å²) in [5.41, 5.74) is 0.705. The summed E-state index contributed by atoms with van der Waals surface area (Å²) >= 11 is 0. The van der Waals surface area contributed by atoms with E-state index in [1.165, 1.54) is 0 Å². The lowest BCUT2D eigenvalue weighted by atomic mass is 10.1. The fourth-order valence-corrected chi connectivity index (χ4v) is 2.31. The normalized spacial score (nSPS) is 27.4. The fraction of sp³-hybridized carbons (Fsp3) is 0.500. The maximum Gasteiger partial charge on any atom is 0.338 e. The Labute approximate surface area is 129 Å². The minimum Gasteiger partial charge on any atom is -0.464 e. The van der Waals surface area contributed by atoms with Crippen molar-refractivity contribution in [3.63, 3.8) is 0 Å². The van der Waals surface area contributed by atoms with Gasteiger partial charge in [0.05, 0.1) is 13.2 Å². The van der Waals surface area contributed by atoms with E-state index in [-0.39, 0.29) is 13.2 Å². The zero-order valence-electron chi connectivity index (χ0n) is 12.9. The van der Waals surface area contributed by atoms with Gasteiger partial charge in [-0.25, -0.2) is 9.59 Å². The van der Waals surface area contributed by atoms with E-state index in [9.17, 15) is 9.59 Å². The van der Waals surface area contributed by atoms with Crippen molar-refractivity contribution < 1.29 is 28.5 Å². The van der Waals surface area contributed by atoms with E-state index < -0.39 is 29.9 Å². The van der Waals surface area contributed by atoms with Crippen LogP contribution in [0.3, 0.4) is 0 Å². The van der Waals surface area contributed by atoms with Crippen LogP contribution in [-0.2, 0) is 34.3 Å². The van der Waals surface area contributed by atoms with Gasteiger partial charge in [-0.05, 0) is 20.8 Å². The third kappa shape index (κ3) is 3.28. The number of carbonyl (C=O) groups is 2. The Morgan fingerprint density at radius 2 is 1.45 bits per heavy atom. The van der Waals surface area contributed by atoms with E-state index in [1.54, 1.807) is 32.9 Å². The van der Waals surface area contributed by atoms with Crippen molar-refractivity contribution in [1.82, 2.24) is 0 Å². The Morgan fingerprint density at radius 3 is 1.86 bits per heavy atom. The van der Waals surface area contributed by atoms with Gasteiger partial charge in [0, 0.05) is 5.56 Å². The molecule has 6 heteroatoms. The van der Waals surface area contributed by atoms with Crippen LogP contribution >= 0.6 is 0 Å². The molecule has 1 saturated heterocycles. The summed E-state index contributed by atoms with van der Waals surface area (Å²) in [4.78, 5) is 24.1. The molecule has 1 aromatic rings. The summed E-state index contributed by atoms with van der Waals surface area (Å²) in [6.45, 7) is 5.41. The van der Waals surface area contributed by atoms with Crippen molar-refractivity contribution >= 4 is 11.9 Å². The lowest BCUT2D eigenvalue weighted by Crippen LogP contribution is -2.39. The molecular weight excluding hydrogens is 288 g/mol. The Hall–Kier alpha value is -1.92. The van der Waals surface area contributed by atoms with Crippen LogP contribution in [0.1, 0.15) is 26.3 Å². The smallest absolute Gasteiger partial charge is 0.338 e. The second kappa shape index (κ2) is 6.89. The maximum atomic E-state index is 12.0. The first-order valence-corrected chi connectivity index (χ1v) is 7.26. The van der Waals surface area contributed by atoms with Gasteiger partial charge in [0.25, 0.3) is 0 Å². The molecule has 6 nitrogen and oxygen atoms in total. The molecule has 0 bridgehead atoms. The highest BCUT2D eigenvalue weighted by Crippen LogP contribution is 2.38. The van der Waals surface area contributed by atoms with E-state index in [1.807, 2.05) is 18.2 Å². The first-order valence-electron chi connectivity index (χ1n) is 7.26. The molecule has 1 heterocycles. The van der Waals surface area contributed by atoms with Gasteiger partial charge in [-0.2, -0.15) is 0 Å². The molecule has 1 fully saturated rings. The molecular formula is C16H20O6. The van der Waals surface area contributed by atoms with E-state index in [0.29, 0.717) is 5.56 Å². The van der Waals surface area contributed by atoms with Crippen LogP contribution in [0.25, 0.3) is 0 Å². The first kappa shape index (κ1) is 16.5. The number of hydrogen-bond acceptors (Lipinski definition) is 6. The lowest BCUT2D eigenvalue weighted by Gasteiger charge is -2.23. The SMILES string of the molecule is CCOC(=O)[C@H]1O[C@](C)(c2ccccc2)O[C@H]1C(=O)OCC. The summed E-state index contributed by atoms with van der Waals surface area (Å²) < 4.78 is 21.4. The summed E-state index contributed by atoms with van der Waals surface area (Å²) in [6, 6.07) is 9.10. The van der Waals surface area contributed by atoms with Crippen molar-refractivity contribution in [3.8, 4) is 0 Å². The predicted molar refractivity (Wildman–Crippen MR) is 76.8 cm³/mol. The van der Waals surface area contributed by atoms with Gasteiger partial charge in [-0.3, -0.25) is 0 Å². The number of hydrogen-bond donors (Lipinski definition) is 0. The van der Waals surface area contributed by atoms with Gasteiger partial charge in [-0.1, -0.05) is 30.3 Å². The molecule has 0 unspecified atom stereocenters. The molecule has 1 aromatic carbocycles. The van der Waals surface area contributed by atoms with Crippen molar-refractivity contribution in [2.24, 2.45) is 0 Å². The average molecular weight is 308 g/mol. The molecule has 0 N–H and O–H groups in total. The van der Waals surface area contributed by atoms with Gasteiger partial charge in [0.2, 0.25) is 0 Å². The zero-order valence-corrected chi connectivity index (χ0v) is 12.9. The third-order valence-corrected chi connectivity index (χ3v) is 3.31. The monoisotopic (exact) mass is 308 g/mol. The summed E-state index contributed by atoms with van der Waals surface area (Å²) in [5.74, 6) is -2.49. The number of carbonyl (C=O) groups excluding carboxylic acids is 2. The maximum absolute atomic E-state index is 12.0. The highest BCUT2D eigenvalue weighted by atomic mass is 16.8. The molecule has 0 aromatic heterocycles. The molecule has 0 radical (unpaired) electrons. The molecule has 2 rings (SSSR count). The predicted octanol–water partition coefficient (Wildman–Crippen LogP) is 1.77. The Kier molecular flexibility index (Phi) is 5.15. The molecule has 1 aliphatic heterocycles. The first-order chi connectivity index (χ1) is 10.5. The molecule has 0 aliphatic carbocycles. The molecule has 0 amide bonds. The van der Waals surface area contributed by atoms with Crippen LogP contribution in [0.15, 0.2) is 30.3 Å². The molecule has 120 valence electrons. The molecule has 0 saturated carbocycles. The standard InChI is InChI=1S/C16H20O6/c1-4-19-14(17)12-13(15(18)20-5-2)22-16(3,21-12)11-9-7-6-8-10-11/h6-10,12-13H,4-5H2,1-3H3/t12-,13+,16-. The second-order valence-corrected chi connectivity index (χ2v) is 4.89. The molecule has 1 aliphatic rings. The largest absolute Gasteiger partial charge is 0.464 e. The number of ether oxygens (including phenoxy) is 4. The average Bonchev–Trinajstić information content (AvgIpc) is 2.88. The van der Waals surface area contributed by atoms with Crippen LogP contribution < -0.4 is 0 Å². The van der Waals surface area contributed by atoms with Crippen LogP contribution in [0.2, 0.25) is 0 Å². The molecule has 0 spiro atoms. The third-order valence-electron chi connectivity index (χ3n) is 3.31. The van der Waals surface area contributed by atoms with E-state index in [0.717, 1.165) is 0 Å². The molecule has 22 heavy (non-hydrogen) atoms. The second-order valence-electron chi connectivity index (χ2n) is 4.89. The Morgan fingerprint density at radius 1 is 1.00 bits per heavy atom. The Balaban J connectivity index is 2.27. The van der Waals surface area contributed by atoms with Crippen molar-refractivity contribution in [2.45, 2.75) is 38.8 Å². The van der Waals surface area contributed by atoms with Crippen LogP contribution in [0.4, 0.5) is 0 Å².